The molecule has 0 unspecified atom stereocenters. The summed E-state index contributed by atoms with van der Waals surface area (Å²) in [5, 5.41) is 0. The first-order valence-corrected chi connectivity index (χ1v) is 8.91. The summed E-state index contributed by atoms with van der Waals surface area (Å²) in [5.74, 6) is 0.0250. The van der Waals surface area contributed by atoms with Crippen molar-refractivity contribution in [1.82, 2.24) is 9.80 Å². The van der Waals surface area contributed by atoms with Crippen molar-refractivity contribution in [2.75, 3.05) is 32.7 Å². The molecule has 4 heteroatoms. The van der Waals surface area contributed by atoms with Gasteiger partial charge in [0.1, 0.15) is 5.82 Å². The lowest BCUT2D eigenvalue weighted by Gasteiger charge is -2.35. The number of hydrogen-bond donors (Lipinski definition) is 0. The molecule has 0 spiro atoms. The highest BCUT2D eigenvalue weighted by Gasteiger charge is 2.21. The molecule has 0 bridgehead atoms. The average molecular weight is 340 g/mol. The van der Waals surface area contributed by atoms with Gasteiger partial charge in [-0.25, -0.2) is 4.39 Å². The predicted octanol–water partition coefficient (Wildman–Crippen LogP) is 3.06. The molecule has 25 heavy (non-hydrogen) atoms. The van der Waals surface area contributed by atoms with Gasteiger partial charge in [0.15, 0.2) is 0 Å². The van der Waals surface area contributed by atoms with Gasteiger partial charge in [0.25, 0.3) is 0 Å². The Labute approximate surface area is 149 Å². The smallest absolute Gasteiger partial charge is 0.227 e. The Morgan fingerprint density at radius 2 is 1.68 bits per heavy atom. The van der Waals surface area contributed by atoms with Crippen molar-refractivity contribution < 1.29 is 9.18 Å². The molecule has 3 rings (SSSR count). The van der Waals surface area contributed by atoms with Crippen LogP contribution in [0.4, 0.5) is 4.39 Å². The normalized spacial score (nSPS) is 15.4. The number of piperazine rings is 1. The predicted molar refractivity (Wildman–Crippen MR) is 98.0 cm³/mol. The van der Waals surface area contributed by atoms with Crippen LogP contribution >= 0.6 is 0 Å². The summed E-state index contributed by atoms with van der Waals surface area (Å²) in [7, 11) is 0. The number of carbonyl (C=O) groups excluding carboxylic acids is 1. The van der Waals surface area contributed by atoms with E-state index >= 15 is 0 Å². The SMILES string of the molecule is Cc1ccccc1CC(=O)N1CCN(CCc2ccc(F)cc2)CC1. The van der Waals surface area contributed by atoms with Crippen molar-refractivity contribution in [1.29, 1.82) is 0 Å². The fourth-order valence-electron chi connectivity index (χ4n) is 3.24. The summed E-state index contributed by atoms with van der Waals surface area (Å²) in [5.41, 5.74) is 3.44. The largest absolute Gasteiger partial charge is 0.340 e. The van der Waals surface area contributed by atoms with E-state index < -0.39 is 0 Å². The topological polar surface area (TPSA) is 23.6 Å². The maximum Gasteiger partial charge on any atom is 0.227 e. The van der Waals surface area contributed by atoms with Gasteiger partial charge < -0.3 is 4.90 Å². The molecule has 1 amide bonds. The van der Waals surface area contributed by atoms with Crippen LogP contribution in [0.2, 0.25) is 0 Å². The Balaban J connectivity index is 1.44. The molecule has 0 radical (unpaired) electrons. The van der Waals surface area contributed by atoms with Crippen LogP contribution in [-0.4, -0.2) is 48.4 Å². The van der Waals surface area contributed by atoms with Crippen molar-refractivity contribution in [3.05, 3.63) is 71.0 Å². The summed E-state index contributed by atoms with van der Waals surface area (Å²) >= 11 is 0. The van der Waals surface area contributed by atoms with Gasteiger partial charge in [-0.2, -0.15) is 0 Å². The molecular weight excluding hydrogens is 315 g/mol. The number of nitrogens with zero attached hydrogens (tertiary/aromatic N) is 2. The summed E-state index contributed by atoms with van der Waals surface area (Å²) in [4.78, 5) is 16.9. The summed E-state index contributed by atoms with van der Waals surface area (Å²) in [6.45, 7) is 6.38. The molecule has 1 aliphatic heterocycles. The number of carbonyl (C=O) groups is 1. The Morgan fingerprint density at radius 1 is 1.00 bits per heavy atom. The third-order valence-corrected chi connectivity index (χ3v) is 4.96. The Kier molecular flexibility index (Phi) is 5.82. The summed E-state index contributed by atoms with van der Waals surface area (Å²) in [6.07, 6.45) is 1.40. The van der Waals surface area contributed by atoms with E-state index in [1.807, 2.05) is 35.2 Å². The van der Waals surface area contributed by atoms with Crippen LogP contribution in [0.25, 0.3) is 0 Å². The van der Waals surface area contributed by atoms with Gasteiger partial charge in [0.2, 0.25) is 5.91 Å². The zero-order valence-corrected chi connectivity index (χ0v) is 14.7. The molecule has 2 aromatic rings. The number of aryl methyl sites for hydroxylation is 1. The minimum absolute atomic E-state index is 0.190. The summed E-state index contributed by atoms with van der Waals surface area (Å²) < 4.78 is 12.9. The minimum Gasteiger partial charge on any atom is -0.340 e. The van der Waals surface area contributed by atoms with Crippen LogP contribution in [0.15, 0.2) is 48.5 Å². The molecule has 1 heterocycles. The second-order valence-electron chi connectivity index (χ2n) is 6.70. The monoisotopic (exact) mass is 340 g/mol. The first-order chi connectivity index (χ1) is 12.1. The van der Waals surface area contributed by atoms with Gasteiger partial charge in [-0.05, 0) is 42.2 Å². The standard InChI is InChI=1S/C21H25FN2O/c1-17-4-2-3-5-19(17)16-21(25)24-14-12-23(13-15-24)11-10-18-6-8-20(22)9-7-18/h2-9H,10-16H2,1H3. The van der Waals surface area contributed by atoms with E-state index in [0.29, 0.717) is 6.42 Å². The van der Waals surface area contributed by atoms with E-state index in [1.165, 1.54) is 17.7 Å². The molecule has 132 valence electrons. The lowest BCUT2D eigenvalue weighted by Crippen LogP contribution is -2.49. The fourth-order valence-corrected chi connectivity index (χ4v) is 3.24. The van der Waals surface area contributed by atoms with Crippen molar-refractivity contribution in [3.63, 3.8) is 0 Å². The van der Waals surface area contributed by atoms with Crippen molar-refractivity contribution in [2.45, 2.75) is 19.8 Å². The van der Waals surface area contributed by atoms with Crippen LogP contribution in [0.5, 0.6) is 0 Å². The number of hydrogen-bond acceptors (Lipinski definition) is 2. The molecule has 1 fully saturated rings. The molecule has 1 aliphatic rings. The van der Waals surface area contributed by atoms with E-state index in [0.717, 1.165) is 50.3 Å². The van der Waals surface area contributed by atoms with Crippen LogP contribution in [0, 0.1) is 12.7 Å². The van der Waals surface area contributed by atoms with Gasteiger partial charge in [-0.3, -0.25) is 9.69 Å². The number of halogens is 1. The molecule has 0 aliphatic carbocycles. The van der Waals surface area contributed by atoms with E-state index in [4.69, 9.17) is 0 Å². The van der Waals surface area contributed by atoms with Gasteiger partial charge >= 0.3 is 0 Å². The van der Waals surface area contributed by atoms with Crippen molar-refractivity contribution in [3.8, 4) is 0 Å². The molecule has 0 saturated carbocycles. The minimum atomic E-state index is -0.190. The third kappa shape index (κ3) is 4.89. The van der Waals surface area contributed by atoms with E-state index in [-0.39, 0.29) is 11.7 Å². The van der Waals surface area contributed by atoms with Crippen LogP contribution in [0.3, 0.4) is 0 Å². The molecule has 1 saturated heterocycles. The first kappa shape index (κ1) is 17.6. The Hall–Kier alpha value is -2.20. The van der Waals surface area contributed by atoms with Gasteiger partial charge in [-0.1, -0.05) is 36.4 Å². The number of benzene rings is 2. The summed E-state index contributed by atoms with van der Waals surface area (Å²) in [6, 6.07) is 14.8. The molecule has 3 nitrogen and oxygen atoms in total. The van der Waals surface area contributed by atoms with Gasteiger partial charge in [0.05, 0.1) is 6.42 Å². The van der Waals surface area contributed by atoms with Gasteiger partial charge in [0, 0.05) is 32.7 Å². The maximum atomic E-state index is 12.9. The van der Waals surface area contributed by atoms with Crippen molar-refractivity contribution in [2.24, 2.45) is 0 Å². The van der Waals surface area contributed by atoms with E-state index in [9.17, 15) is 9.18 Å². The van der Waals surface area contributed by atoms with Gasteiger partial charge in [-0.15, -0.1) is 0 Å². The van der Waals surface area contributed by atoms with Crippen LogP contribution < -0.4 is 0 Å². The Morgan fingerprint density at radius 3 is 2.36 bits per heavy atom. The molecule has 0 aromatic heterocycles. The van der Waals surface area contributed by atoms with Crippen LogP contribution in [0.1, 0.15) is 16.7 Å². The maximum absolute atomic E-state index is 12.9. The third-order valence-electron chi connectivity index (χ3n) is 4.96. The highest BCUT2D eigenvalue weighted by Crippen LogP contribution is 2.12. The number of rotatable bonds is 5. The van der Waals surface area contributed by atoms with E-state index in [2.05, 4.69) is 17.9 Å². The zero-order chi connectivity index (χ0) is 17.6. The quantitative estimate of drug-likeness (QED) is 0.835. The van der Waals surface area contributed by atoms with Crippen molar-refractivity contribution >= 4 is 5.91 Å². The highest BCUT2D eigenvalue weighted by molar-refractivity contribution is 5.79. The molecule has 0 atom stereocenters. The zero-order valence-electron chi connectivity index (χ0n) is 14.7. The van der Waals surface area contributed by atoms with Crippen LogP contribution in [-0.2, 0) is 17.6 Å². The number of amides is 1. The molecule has 2 aromatic carbocycles. The highest BCUT2D eigenvalue weighted by atomic mass is 19.1. The fraction of sp³-hybridized carbons (Fsp3) is 0.381. The molecular formula is C21H25FN2O. The molecule has 0 N–H and O–H groups in total. The lowest BCUT2D eigenvalue weighted by molar-refractivity contribution is -0.132. The Bertz CT molecular complexity index is 706. The van der Waals surface area contributed by atoms with E-state index in [1.54, 1.807) is 0 Å². The average Bonchev–Trinajstić information content (AvgIpc) is 2.63. The second-order valence-corrected chi connectivity index (χ2v) is 6.70. The second kappa shape index (κ2) is 8.26. The lowest BCUT2D eigenvalue weighted by atomic mass is 10.1. The first-order valence-electron chi connectivity index (χ1n) is 8.91.